The molecule has 0 aromatic heterocycles. The number of halogens is 1. The lowest BCUT2D eigenvalue weighted by Gasteiger charge is -2.09. The summed E-state index contributed by atoms with van der Waals surface area (Å²) < 4.78 is 27.4. The van der Waals surface area contributed by atoms with E-state index < -0.39 is 20.6 Å². The van der Waals surface area contributed by atoms with Gasteiger partial charge in [0.15, 0.2) is 4.90 Å². The normalized spacial score (nSPS) is 21.1. The maximum Gasteiger partial charge on any atom is 0.289 e. The Morgan fingerprint density at radius 1 is 1.47 bits per heavy atom. The van der Waals surface area contributed by atoms with Crippen LogP contribution in [0.4, 0.5) is 5.69 Å². The Balaban J connectivity index is 2.40. The second-order valence-corrected chi connectivity index (χ2v) is 7.83. The molecule has 1 aliphatic carbocycles. The molecule has 2 rings (SSSR count). The standard InChI is InChI=1S/C11H13BrN2O4S/c1-11(2)6-10(11)13-19(17,18)9-5-7(12)3-4-8(9)14(15)16/h3-5,10,13H,6H2,1-2H3. The topological polar surface area (TPSA) is 89.3 Å². The molecule has 104 valence electrons. The number of sulfonamides is 1. The van der Waals surface area contributed by atoms with Crippen molar-refractivity contribution in [3.8, 4) is 0 Å². The second-order valence-electron chi connectivity index (χ2n) is 5.24. The van der Waals surface area contributed by atoms with Crippen molar-refractivity contribution >= 4 is 31.6 Å². The van der Waals surface area contributed by atoms with E-state index in [1.165, 1.54) is 18.2 Å². The van der Waals surface area contributed by atoms with E-state index in [9.17, 15) is 18.5 Å². The van der Waals surface area contributed by atoms with E-state index >= 15 is 0 Å². The van der Waals surface area contributed by atoms with Crippen molar-refractivity contribution in [1.29, 1.82) is 0 Å². The Bertz CT molecular complexity index is 642. The molecule has 1 saturated carbocycles. The third-order valence-electron chi connectivity index (χ3n) is 3.22. The molecule has 1 fully saturated rings. The highest BCUT2D eigenvalue weighted by Gasteiger charge is 2.48. The molecule has 0 heterocycles. The van der Waals surface area contributed by atoms with Gasteiger partial charge in [0.1, 0.15) is 0 Å². The van der Waals surface area contributed by atoms with E-state index in [0.29, 0.717) is 4.47 Å². The predicted octanol–water partition coefficient (Wildman–Crippen LogP) is 2.43. The summed E-state index contributed by atoms with van der Waals surface area (Å²) in [6.45, 7) is 3.88. The Morgan fingerprint density at radius 3 is 2.53 bits per heavy atom. The molecule has 6 nitrogen and oxygen atoms in total. The van der Waals surface area contributed by atoms with Gasteiger partial charge in [-0.2, -0.15) is 0 Å². The fourth-order valence-corrected chi connectivity index (χ4v) is 3.89. The van der Waals surface area contributed by atoms with Crippen LogP contribution in [-0.4, -0.2) is 19.4 Å². The van der Waals surface area contributed by atoms with Crippen LogP contribution in [0.25, 0.3) is 0 Å². The van der Waals surface area contributed by atoms with Gasteiger partial charge >= 0.3 is 0 Å². The van der Waals surface area contributed by atoms with Crippen molar-refractivity contribution in [3.63, 3.8) is 0 Å². The lowest BCUT2D eigenvalue weighted by atomic mass is 10.2. The fraction of sp³-hybridized carbons (Fsp3) is 0.455. The third kappa shape index (κ3) is 2.96. The number of hydrogen-bond acceptors (Lipinski definition) is 4. The molecule has 1 unspecified atom stereocenters. The lowest BCUT2D eigenvalue weighted by Crippen LogP contribution is -2.29. The van der Waals surface area contributed by atoms with Crippen molar-refractivity contribution < 1.29 is 13.3 Å². The van der Waals surface area contributed by atoms with E-state index in [-0.39, 0.29) is 16.4 Å². The number of rotatable bonds is 4. The minimum atomic E-state index is -3.89. The molecule has 0 bridgehead atoms. The minimum absolute atomic E-state index is 0.0894. The van der Waals surface area contributed by atoms with E-state index in [2.05, 4.69) is 20.7 Å². The highest BCUT2D eigenvalue weighted by atomic mass is 79.9. The van der Waals surface area contributed by atoms with Crippen LogP contribution in [0.1, 0.15) is 20.3 Å². The molecule has 1 atom stereocenters. The molecule has 0 spiro atoms. The number of hydrogen-bond donors (Lipinski definition) is 1. The molecule has 19 heavy (non-hydrogen) atoms. The highest BCUT2D eigenvalue weighted by molar-refractivity contribution is 9.10. The van der Waals surface area contributed by atoms with Crippen LogP contribution in [0, 0.1) is 15.5 Å². The summed E-state index contributed by atoms with van der Waals surface area (Å²) >= 11 is 3.13. The van der Waals surface area contributed by atoms with Gasteiger partial charge in [-0.25, -0.2) is 13.1 Å². The van der Waals surface area contributed by atoms with Gasteiger partial charge in [-0.3, -0.25) is 10.1 Å². The van der Waals surface area contributed by atoms with Gasteiger partial charge in [0.2, 0.25) is 10.0 Å². The van der Waals surface area contributed by atoms with Crippen LogP contribution in [0.5, 0.6) is 0 Å². The second kappa shape index (κ2) is 4.53. The first-order valence-electron chi connectivity index (χ1n) is 5.60. The maximum atomic E-state index is 12.2. The van der Waals surface area contributed by atoms with Gasteiger partial charge in [-0.05, 0) is 24.0 Å². The van der Waals surface area contributed by atoms with Gasteiger partial charge in [0, 0.05) is 16.6 Å². The van der Waals surface area contributed by atoms with Crippen molar-refractivity contribution in [3.05, 3.63) is 32.8 Å². The number of nitrogens with zero attached hydrogens (tertiary/aromatic N) is 1. The molecule has 1 aromatic rings. The van der Waals surface area contributed by atoms with Crippen LogP contribution in [0.15, 0.2) is 27.6 Å². The first kappa shape index (κ1) is 14.4. The molecule has 1 N–H and O–H groups in total. The molecule has 1 aromatic carbocycles. The average Bonchev–Trinajstić information content (AvgIpc) is 2.84. The number of nitrogens with one attached hydrogen (secondary N) is 1. The third-order valence-corrected chi connectivity index (χ3v) is 5.21. The van der Waals surface area contributed by atoms with E-state index in [0.717, 1.165) is 6.42 Å². The zero-order valence-electron chi connectivity index (χ0n) is 10.4. The quantitative estimate of drug-likeness (QED) is 0.668. The summed E-state index contributed by atoms with van der Waals surface area (Å²) in [5.74, 6) is 0. The van der Waals surface area contributed by atoms with Crippen molar-refractivity contribution in [2.24, 2.45) is 5.41 Å². The maximum absolute atomic E-state index is 12.2. The summed E-state index contributed by atoms with van der Waals surface area (Å²) in [6, 6.07) is 3.70. The molecule has 1 aliphatic rings. The van der Waals surface area contributed by atoms with Crippen LogP contribution in [0.2, 0.25) is 0 Å². The van der Waals surface area contributed by atoms with Crippen LogP contribution >= 0.6 is 15.9 Å². The average molecular weight is 349 g/mol. The molecule has 0 amide bonds. The first-order valence-corrected chi connectivity index (χ1v) is 7.87. The summed E-state index contributed by atoms with van der Waals surface area (Å²) in [5.41, 5.74) is -0.512. The van der Waals surface area contributed by atoms with Crippen LogP contribution < -0.4 is 4.72 Å². The largest absolute Gasteiger partial charge is 0.289 e. The van der Waals surface area contributed by atoms with E-state index in [4.69, 9.17) is 0 Å². The van der Waals surface area contributed by atoms with Crippen molar-refractivity contribution in [2.45, 2.75) is 31.2 Å². The van der Waals surface area contributed by atoms with Crippen molar-refractivity contribution in [2.75, 3.05) is 0 Å². The Kier molecular flexibility index (Phi) is 3.44. The van der Waals surface area contributed by atoms with E-state index in [1.54, 1.807) is 0 Å². The highest BCUT2D eigenvalue weighted by Crippen LogP contribution is 2.45. The predicted molar refractivity (Wildman–Crippen MR) is 73.3 cm³/mol. The summed E-state index contributed by atoms with van der Waals surface area (Å²) in [5, 5.41) is 10.9. The molecule has 0 radical (unpaired) electrons. The molecular formula is C11H13BrN2O4S. The fourth-order valence-electron chi connectivity index (χ4n) is 1.77. The summed E-state index contributed by atoms with van der Waals surface area (Å²) in [4.78, 5) is 9.90. The summed E-state index contributed by atoms with van der Waals surface area (Å²) in [6.07, 6.45) is 0.730. The monoisotopic (exact) mass is 348 g/mol. The Labute approximate surface area is 119 Å². The molecule has 0 aliphatic heterocycles. The zero-order valence-corrected chi connectivity index (χ0v) is 12.8. The molecule has 0 saturated heterocycles. The van der Waals surface area contributed by atoms with Gasteiger partial charge < -0.3 is 0 Å². The van der Waals surface area contributed by atoms with Gasteiger partial charge in [-0.15, -0.1) is 0 Å². The smallest absolute Gasteiger partial charge is 0.258 e. The van der Waals surface area contributed by atoms with E-state index in [1.807, 2.05) is 13.8 Å². The van der Waals surface area contributed by atoms with Gasteiger partial charge in [0.25, 0.3) is 5.69 Å². The van der Waals surface area contributed by atoms with Crippen LogP contribution in [0.3, 0.4) is 0 Å². The lowest BCUT2D eigenvalue weighted by molar-refractivity contribution is -0.387. The molecular weight excluding hydrogens is 336 g/mol. The zero-order chi connectivity index (χ0) is 14.4. The Morgan fingerprint density at radius 2 is 2.05 bits per heavy atom. The summed E-state index contributed by atoms with van der Waals surface area (Å²) in [7, 11) is -3.89. The number of nitro groups is 1. The Hall–Kier alpha value is -0.990. The van der Waals surface area contributed by atoms with Crippen molar-refractivity contribution in [1.82, 2.24) is 4.72 Å². The van der Waals surface area contributed by atoms with Gasteiger partial charge in [-0.1, -0.05) is 29.8 Å². The minimum Gasteiger partial charge on any atom is -0.258 e. The van der Waals surface area contributed by atoms with Crippen LogP contribution in [-0.2, 0) is 10.0 Å². The molecule has 8 heteroatoms. The van der Waals surface area contributed by atoms with Gasteiger partial charge in [0.05, 0.1) is 4.92 Å². The number of nitro benzene ring substituents is 1. The number of benzene rings is 1. The first-order chi connectivity index (χ1) is 8.63. The SMILES string of the molecule is CC1(C)CC1NS(=O)(=O)c1cc(Br)ccc1[N+](=O)[O-].